The maximum Gasteiger partial charge on any atom is 0.333 e. The summed E-state index contributed by atoms with van der Waals surface area (Å²) in [5, 5.41) is 19.8. The van der Waals surface area contributed by atoms with Crippen LogP contribution in [0.1, 0.15) is 121 Å². The van der Waals surface area contributed by atoms with Gasteiger partial charge in [0.1, 0.15) is 17.4 Å². The molecular weight excluding hydrogens is 739 g/mol. The number of aryl methyl sites for hydroxylation is 2. The van der Waals surface area contributed by atoms with Gasteiger partial charge in [-0.15, -0.1) is 0 Å². The summed E-state index contributed by atoms with van der Waals surface area (Å²) < 4.78 is 49.2. The molecule has 1 atom stereocenters. The van der Waals surface area contributed by atoms with Gasteiger partial charge >= 0.3 is 11.9 Å². The predicted molar refractivity (Wildman–Crippen MR) is 227 cm³/mol. The Morgan fingerprint density at radius 3 is 1.95 bits per heavy atom. The summed E-state index contributed by atoms with van der Waals surface area (Å²) in [4.78, 5) is 24.2. The molecule has 2 aromatic rings. The molecule has 0 aliphatic heterocycles. The Bertz CT molecular complexity index is 1730. The predicted octanol–water partition coefficient (Wildman–Crippen LogP) is 11.0. The van der Waals surface area contributed by atoms with E-state index in [4.69, 9.17) is 14.2 Å². The Balaban J connectivity index is 1.60. The molecule has 0 heterocycles. The lowest BCUT2D eigenvalue weighted by Crippen LogP contribution is -2.28. The van der Waals surface area contributed by atoms with E-state index in [2.05, 4.69) is 26.2 Å². The number of unbranched alkanes of at least 4 members (excludes halogenated alkanes) is 2. The van der Waals surface area contributed by atoms with Gasteiger partial charge in [0, 0.05) is 34.1 Å². The Morgan fingerprint density at radius 2 is 1.43 bits per heavy atom. The Labute approximate surface area is 345 Å². The number of halogens is 2. The summed E-state index contributed by atoms with van der Waals surface area (Å²) in [5.41, 5.74) is 3.18. The average molecular weight is 805 g/mol. The first-order valence-electron chi connectivity index (χ1n) is 21.3. The van der Waals surface area contributed by atoms with Crippen LogP contribution in [0.15, 0.2) is 72.6 Å². The highest BCUT2D eigenvalue weighted by Gasteiger charge is 2.30. The minimum atomic E-state index is -0.755. The number of allylic oxidation sites excluding steroid dienone is 4. The molecule has 318 valence electrons. The molecule has 4 rings (SSSR count). The fourth-order valence-electron chi connectivity index (χ4n) is 7.95. The van der Waals surface area contributed by atoms with Crippen LogP contribution in [0.2, 0.25) is 0 Å². The topological polar surface area (TPSA) is 102 Å². The highest BCUT2D eigenvalue weighted by molar-refractivity contribution is 5.87. The molecule has 2 N–H and O–H groups in total. The lowest BCUT2D eigenvalue weighted by molar-refractivity contribution is -0.139. The SMILES string of the molecule is C=C(C)C(=O)OCCCc1cc(-c2ccc(C3=C(F)CC(C4CCC(CCCCC)CC4)C=C3)cc2F)cc(CCCOC(=O)C(=C)C)c1OCCC(C)(CO)CO. The van der Waals surface area contributed by atoms with Crippen molar-refractivity contribution in [1.82, 2.24) is 0 Å². The van der Waals surface area contributed by atoms with Crippen LogP contribution in [0, 0.1) is 29.0 Å². The normalized spacial score (nSPS) is 18.2. The van der Waals surface area contributed by atoms with E-state index in [0.29, 0.717) is 83.6 Å². The third-order valence-corrected chi connectivity index (χ3v) is 11.8. The first-order valence-corrected chi connectivity index (χ1v) is 21.3. The third kappa shape index (κ3) is 13.5. The molecule has 9 heteroatoms. The Morgan fingerprint density at radius 1 is 0.828 bits per heavy atom. The van der Waals surface area contributed by atoms with Crippen LogP contribution in [0.3, 0.4) is 0 Å². The van der Waals surface area contributed by atoms with Gasteiger partial charge in [0.15, 0.2) is 0 Å². The maximum absolute atomic E-state index is 16.3. The monoisotopic (exact) mass is 804 g/mol. The van der Waals surface area contributed by atoms with Crippen molar-refractivity contribution in [2.75, 3.05) is 33.0 Å². The Hall–Kier alpha value is -4.08. The number of rotatable bonds is 23. The fraction of sp³-hybridized carbons (Fsp3) is 0.551. The van der Waals surface area contributed by atoms with E-state index in [1.165, 1.54) is 44.6 Å². The van der Waals surface area contributed by atoms with E-state index >= 15 is 8.78 Å². The quantitative estimate of drug-likeness (QED) is 0.0655. The molecule has 1 fully saturated rings. The molecule has 7 nitrogen and oxygen atoms in total. The number of esters is 2. The standard InChI is InChI=1S/C49H66F2O7/c1-7-8-9-12-35-15-17-36(18-16-35)37-19-21-42(44(50)29-37)38-20-22-43(45(51)30-38)41-27-39(13-10-24-57-47(54)33(2)3)46(56-26-23-49(6,31-52)32-53)40(28-41)14-11-25-58-48(55)34(4)5/h19-22,27-28,30,35-37,52-53H,2,4,7-18,23-26,29,31-32H2,1,3,5-6H3. The minimum Gasteiger partial charge on any atom is -0.493 e. The number of aliphatic hydroxyl groups excluding tert-OH is 2. The molecule has 0 amide bonds. The third-order valence-electron chi connectivity index (χ3n) is 11.8. The number of ether oxygens (including phenoxy) is 3. The summed E-state index contributed by atoms with van der Waals surface area (Å²) in [6.45, 7) is 14.5. The van der Waals surface area contributed by atoms with E-state index in [-0.39, 0.29) is 44.8 Å². The molecule has 0 bridgehead atoms. The average Bonchev–Trinajstić information content (AvgIpc) is 3.21. The molecule has 2 aliphatic carbocycles. The van der Waals surface area contributed by atoms with Gasteiger partial charge in [-0.25, -0.2) is 18.4 Å². The number of hydrogen-bond acceptors (Lipinski definition) is 7. The molecule has 2 aromatic carbocycles. The number of benzene rings is 2. The second-order valence-corrected chi connectivity index (χ2v) is 16.9. The lowest BCUT2D eigenvalue weighted by atomic mass is 9.72. The van der Waals surface area contributed by atoms with E-state index in [1.807, 2.05) is 18.2 Å². The highest BCUT2D eigenvalue weighted by Crippen LogP contribution is 2.43. The summed E-state index contributed by atoms with van der Waals surface area (Å²) in [5.74, 6) is 0.334. The zero-order chi connectivity index (χ0) is 42.2. The lowest BCUT2D eigenvalue weighted by Gasteiger charge is -2.34. The zero-order valence-electron chi connectivity index (χ0n) is 35.3. The van der Waals surface area contributed by atoms with Crippen molar-refractivity contribution in [1.29, 1.82) is 0 Å². The second kappa shape index (κ2) is 22.9. The van der Waals surface area contributed by atoms with Crippen LogP contribution in [0.5, 0.6) is 5.75 Å². The van der Waals surface area contributed by atoms with Gasteiger partial charge in [-0.1, -0.05) is 89.8 Å². The number of carbonyl (C=O) groups excluding carboxylic acids is 2. The van der Waals surface area contributed by atoms with Crippen LogP contribution < -0.4 is 4.74 Å². The summed E-state index contributed by atoms with van der Waals surface area (Å²) in [7, 11) is 0. The summed E-state index contributed by atoms with van der Waals surface area (Å²) >= 11 is 0. The summed E-state index contributed by atoms with van der Waals surface area (Å²) in [6, 6.07) is 8.57. The van der Waals surface area contributed by atoms with Crippen molar-refractivity contribution < 1.29 is 42.8 Å². The van der Waals surface area contributed by atoms with Gasteiger partial charge in [0.2, 0.25) is 0 Å². The van der Waals surface area contributed by atoms with E-state index in [1.54, 1.807) is 32.9 Å². The van der Waals surface area contributed by atoms with Crippen LogP contribution in [0.25, 0.3) is 16.7 Å². The van der Waals surface area contributed by atoms with Crippen LogP contribution >= 0.6 is 0 Å². The largest absolute Gasteiger partial charge is 0.493 e. The molecule has 0 aromatic heterocycles. The van der Waals surface area contributed by atoms with Crippen molar-refractivity contribution in [3.63, 3.8) is 0 Å². The minimum absolute atomic E-state index is 0.132. The van der Waals surface area contributed by atoms with Crippen molar-refractivity contribution in [3.05, 3.63) is 95.1 Å². The van der Waals surface area contributed by atoms with Crippen molar-refractivity contribution in [2.45, 2.75) is 118 Å². The smallest absolute Gasteiger partial charge is 0.333 e. The molecule has 0 radical (unpaired) electrons. The van der Waals surface area contributed by atoms with Crippen molar-refractivity contribution in [2.24, 2.45) is 23.2 Å². The van der Waals surface area contributed by atoms with Gasteiger partial charge in [-0.05, 0) is 117 Å². The van der Waals surface area contributed by atoms with E-state index < -0.39 is 23.2 Å². The van der Waals surface area contributed by atoms with Crippen LogP contribution in [0.4, 0.5) is 8.78 Å². The van der Waals surface area contributed by atoms with Gasteiger partial charge < -0.3 is 24.4 Å². The van der Waals surface area contributed by atoms with E-state index in [9.17, 15) is 19.8 Å². The van der Waals surface area contributed by atoms with Gasteiger partial charge in [0.25, 0.3) is 0 Å². The molecule has 1 saturated carbocycles. The molecule has 0 spiro atoms. The van der Waals surface area contributed by atoms with Crippen molar-refractivity contribution in [3.8, 4) is 16.9 Å². The summed E-state index contributed by atoms with van der Waals surface area (Å²) in [6.07, 6.45) is 16.3. The molecule has 2 aliphatic rings. The molecule has 58 heavy (non-hydrogen) atoms. The van der Waals surface area contributed by atoms with Gasteiger partial charge in [-0.2, -0.15) is 0 Å². The first-order chi connectivity index (χ1) is 27.8. The van der Waals surface area contributed by atoms with Crippen LogP contribution in [-0.2, 0) is 31.9 Å². The first kappa shape index (κ1) is 46.6. The fourth-order valence-corrected chi connectivity index (χ4v) is 7.95. The zero-order valence-corrected chi connectivity index (χ0v) is 35.3. The molecule has 1 unspecified atom stereocenters. The number of aliphatic hydroxyl groups is 2. The highest BCUT2D eigenvalue weighted by atomic mass is 19.1. The molecule has 0 saturated heterocycles. The number of carbonyl (C=O) groups is 2. The maximum atomic E-state index is 16.3. The van der Waals surface area contributed by atoms with Crippen molar-refractivity contribution >= 4 is 17.5 Å². The molecular formula is C49H66F2O7. The van der Waals surface area contributed by atoms with Gasteiger partial charge in [0.05, 0.1) is 33.0 Å². The number of hydrogen-bond donors (Lipinski definition) is 2. The van der Waals surface area contributed by atoms with E-state index in [0.717, 1.165) is 29.9 Å². The second-order valence-electron chi connectivity index (χ2n) is 16.9. The van der Waals surface area contributed by atoms with Gasteiger partial charge in [-0.3, -0.25) is 0 Å². The Kier molecular flexibility index (Phi) is 18.4. The van der Waals surface area contributed by atoms with Crippen LogP contribution in [-0.4, -0.2) is 55.2 Å².